The van der Waals surface area contributed by atoms with Crippen molar-refractivity contribution in [1.29, 1.82) is 0 Å². The van der Waals surface area contributed by atoms with E-state index in [9.17, 15) is 19.7 Å². The number of nitrogens with zero attached hydrogens (tertiary/aromatic N) is 3. The van der Waals surface area contributed by atoms with E-state index in [1.165, 1.54) is 24.3 Å². The maximum Gasteiger partial charge on any atom is 0.270 e. The third kappa shape index (κ3) is 5.99. The highest BCUT2D eigenvalue weighted by Gasteiger charge is 2.14. The number of likely N-dealkylation sites (N-methyl/N-ethyl adjacent to an activating group) is 1. The molecule has 2 aromatic carbocycles. The van der Waals surface area contributed by atoms with Gasteiger partial charge in [0.05, 0.1) is 17.2 Å². The molecule has 0 unspecified atom stereocenters. The molecule has 9 nitrogen and oxygen atoms in total. The number of carbonyl (C=O) groups excluding carboxylic acids is 2. The van der Waals surface area contributed by atoms with Crippen LogP contribution in [0.4, 0.5) is 5.69 Å². The number of aromatic amines is 1. The average molecular weight is 421 g/mol. The number of rotatable bonds is 9. The van der Waals surface area contributed by atoms with Crippen molar-refractivity contribution in [3.63, 3.8) is 0 Å². The summed E-state index contributed by atoms with van der Waals surface area (Å²) in [4.78, 5) is 36.2. The molecule has 0 aliphatic carbocycles. The van der Waals surface area contributed by atoms with Crippen LogP contribution in [-0.4, -0.2) is 52.0 Å². The Bertz CT molecular complexity index is 1060. The van der Waals surface area contributed by atoms with Crippen LogP contribution in [0.5, 0.6) is 0 Å². The van der Waals surface area contributed by atoms with Gasteiger partial charge in [0.15, 0.2) is 0 Å². The molecular formula is C22H23N5O4. The highest BCUT2D eigenvalue weighted by molar-refractivity contribution is 5.96. The number of non-ortho nitro benzene ring substituents is 1. The zero-order valence-electron chi connectivity index (χ0n) is 17.1. The monoisotopic (exact) mass is 421 g/mol. The molecule has 0 aliphatic heterocycles. The van der Waals surface area contributed by atoms with E-state index < -0.39 is 10.8 Å². The van der Waals surface area contributed by atoms with Crippen LogP contribution in [-0.2, 0) is 11.2 Å². The third-order valence-electron chi connectivity index (χ3n) is 4.79. The fourth-order valence-corrected chi connectivity index (χ4v) is 3.03. The molecule has 1 aromatic heterocycles. The second kappa shape index (κ2) is 10.1. The number of carbonyl (C=O) groups is 2. The highest BCUT2D eigenvalue weighted by Crippen LogP contribution is 2.17. The summed E-state index contributed by atoms with van der Waals surface area (Å²) in [6.45, 7) is 0.339. The molecule has 0 atom stereocenters. The Labute approximate surface area is 179 Å². The molecule has 0 saturated heterocycles. The summed E-state index contributed by atoms with van der Waals surface area (Å²) in [7, 11) is 1.67. The first-order valence-electron chi connectivity index (χ1n) is 9.80. The molecule has 0 radical (unpaired) electrons. The van der Waals surface area contributed by atoms with Crippen LogP contribution in [0.15, 0.2) is 60.7 Å². The number of amides is 2. The first kappa shape index (κ1) is 21.7. The topological polar surface area (TPSA) is 121 Å². The number of nitro groups is 1. The van der Waals surface area contributed by atoms with E-state index >= 15 is 0 Å². The number of nitrogens with one attached hydrogen (secondary N) is 2. The molecule has 2 amide bonds. The first-order chi connectivity index (χ1) is 14.9. The molecule has 31 heavy (non-hydrogen) atoms. The lowest BCUT2D eigenvalue weighted by atomic mass is 10.1. The normalized spacial score (nSPS) is 10.5. The molecule has 0 fully saturated rings. The van der Waals surface area contributed by atoms with Gasteiger partial charge < -0.3 is 10.2 Å². The fourth-order valence-electron chi connectivity index (χ4n) is 3.03. The van der Waals surface area contributed by atoms with Gasteiger partial charge in [0.25, 0.3) is 11.6 Å². The number of hydrogen-bond donors (Lipinski definition) is 2. The number of H-pyrrole nitrogens is 1. The van der Waals surface area contributed by atoms with Gasteiger partial charge in [-0.1, -0.05) is 36.4 Å². The summed E-state index contributed by atoms with van der Waals surface area (Å²) >= 11 is 0. The summed E-state index contributed by atoms with van der Waals surface area (Å²) < 4.78 is 0. The SMILES string of the molecule is CN(CCCc1cc(-c2ccccc2)n[nH]1)C(=O)CNC(=O)c1cccc([N+](=O)[O-])c1. The Hall–Kier alpha value is -4.01. The standard InChI is InChI=1S/C22H23N5O4/c1-26(12-6-10-18-14-20(25-24-18)16-7-3-2-4-8-16)21(28)15-23-22(29)17-9-5-11-19(13-17)27(30)31/h2-5,7-9,11,13-14H,6,10,12,15H2,1H3,(H,23,29)(H,24,25). The maximum absolute atomic E-state index is 12.3. The summed E-state index contributed by atoms with van der Waals surface area (Å²) in [5.74, 6) is -0.773. The van der Waals surface area contributed by atoms with Gasteiger partial charge in [-0.15, -0.1) is 0 Å². The first-order valence-corrected chi connectivity index (χ1v) is 9.80. The van der Waals surface area contributed by atoms with Crippen molar-refractivity contribution in [1.82, 2.24) is 20.4 Å². The van der Waals surface area contributed by atoms with Crippen LogP contribution in [0, 0.1) is 10.1 Å². The van der Waals surface area contributed by atoms with Gasteiger partial charge in [0, 0.05) is 42.5 Å². The minimum atomic E-state index is -0.571. The lowest BCUT2D eigenvalue weighted by Gasteiger charge is -2.17. The number of nitro benzene ring substituents is 1. The van der Waals surface area contributed by atoms with E-state index in [2.05, 4.69) is 15.5 Å². The van der Waals surface area contributed by atoms with Crippen LogP contribution in [0.1, 0.15) is 22.5 Å². The fraction of sp³-hybridized carbons (Fsp3) is 0.227. The molecule has 0 saturated carbocycles. The summed E-state index contributed by atoms with van der Waals surface area (Å²) in [5, 5.41) is 20.7. The molecule has 1 heterocycles. The molecular weight excluding hydrogens is 398 g/mol. The van der Waals surface area contributed by atoms with E-state index in [1.54, 1.807) is 11.9 Å². The van der Waals surface area contributed by atoms with Crippen molar-refractivity contribution in [2.45, 2.75) is 12.8 Å². The number of benzene rings is 2. The van der Waals surface area contributed by atoms with Gasteiger partial charge in [0.1, 0.15) is 0 Å². The van der Waals surface area contributed by atoms with Gasteiger partial charge in [0.2, 0.25) is 5.91 Å². The van der Waals surface area contributed by atoms with Crippen molar-refractivity contribution < 1.29 is 14.5 Å². The zero-order valence-corrected chi connectivity index (χ0v) is 17.1. The minimum absolute atomic E-state index is 0.137. The Morgan fingerprint density at radius 2 is 1.90 bits per heavy atom. The summed E-state index contributed by atoms with van der Waals surface area (Å²) in [5.41, 5.74) is 2.86. The Balaban J connectivity index is 1.43. The Morgan fingerprint density at radius 1 is 1.13 bits per heavy atom. The molecule has 0 spiro atoms. The van der Waals surface area contributed by atoms with Gasteiger partial charge in [-0.05, 0) is 25.0 Å². The van der Waals surface area contributed by atoms with Crippen molar-refractivity contribution in [3.8, 4) is 11.3 Å². The summed E-state index contributed by atoms with van der Waals surface area (Å²) in [6, 6.07) is 17.2. The second-order valence-corrected chi connectivity index (χ2v) is 7.05. The largest absolute Gasteiger partial charge is 0.344 e. The van der Waals surface area contributed by atoms with Crippen molar-refractivity contribution >= 4 is 17.5 Å². The smallest absolute Gasteiger partial charge is 0.270 e. The highest BCUT2D eigenvalue weighted by atomic mass is 16.6. The lowest BCUT2D eigenvalue weighted by Crippen LogP contribution is -2.38. The molecule has 9 heteroatoms. The maximum atomic E-state index is 12.3. The Kier molecular flexibility index (Phi) is 7.10. The van der Waals surface area contributed by atoms with Gasteiger partial charge in [-0.3, -0.25) is 24.8 Å². The van der Waals surface area contributed by atoms with Crippen LogP contribution in [0.2, 0.25) is 0 Å². The van der Waals surface area contributed by atoms with Crippen LogP contribution < -0.4 is 5.32 Å². The van der Waals surface area contributed by atoms with Crippen LogP contribution in [0.3, 0.4) is 0 Å². The average Bonchev–Trinajstić information content (AvgIpc) is 3.26. The number of hydrogen-bond acceptors (Lipinski definition) is 5. The number of aryl methyl sites for hydroxylation is 1. The van der Waals surface area contributed by atoms with Crippen LogP contribution in [0.25, 0.3) is 11.3 Å². The van der Waals surface area contributed by atoms with Crippen molar-refractivity contribution in [3.05, 3.63) is 82.0 Å². The van der Waals surface area contributed by atoms with Gasteiger partial charge in [-0.2, -0.15) is 5.10 Å². The van der Waals surface area contributed by atoms with E-state index in [-0.39, 0.29) is 23.7 Å². The van der Waals surface area contributed by atoms with E-state index in [0.717, 1.165) is 29.8 Å². The quantitative estimate of drug-likeness (QED) is 0.406. The van der Waals surface area contributed by atoms with Gasteiger partial charge in [-0.25, -0.2) is 0 Å². The second-order valence-electron chi connectivity index (χ2n) is 7.05. The molecule has 3 rings (SSSR count). The van der Waals surface area contributed by atoms with Crippen molar-refractivity contribution in [2.24, 2.45) is 0 Å². The lowest BCUT2D eigenvalue weighted by molar-refractivity contribution is -0.384. The molecule has 0 bridgehead atoms. The van der Waals surface area contributed by atoms with E-state index in [0.29, 0.717) is 6.54 Å². The van der Waals surface area contributed by atoms with Crippen LogP contribution >= 0.6 is 0 Å². The predicted octanol–water partition coefficient (Wildman–Crippen LogP) is 2.81. The van der Waals surface area contributed by atoms with Crippen molar-refractivity contribution in [2.75, 3.05) is 20.1 Å². The molecule has 160 valence electrons. The summed E-state index contributed by atoms with van der Waals surface area (Å²) in [6.07, 6.45) is 1.47. The molecule has 0 aliphatic rings. The van der Waals surface area contributed by atoms with E-state index in [1.807, 2.05) is 36.4 Å². The minimum Gasteiger partial charge on any atom is -0.344 e. The third-order valence-corrected chi connectivity index (χ3v) is 4.79. The number of aromatic nitrogens is 2. The molecule has 2 N–H and O–H groups in total. The zero-order chi connectivity index (χ0) is 22.2. The van der Waals surface area contributed by atoms with E-state index in [4.69, 9.17) is 0 Å². The molecule has 3 aromatic rings. The predicted molar refractivity (Wildman–Crippen MR) is 115 cm³/mol. The van der Waals surface area contributed by atoms with Gasteiger partial charge >= 0.3 is 0 Å². The Morgan fingerprint density at radius 3 is 2.65 bits per heavy atom.